The highest BCUT2D eigenvalue weighted by atomic mass is 15.3. The normalized spacial score (nSPS) is 20.6. The Balaban J connectivity index is 1.43. The lowest BCUT2D eigenvalue weighted by atomic mass is 10.1. The third-order valence-electron chi connectivity index (χ3n) is 5.19. The standard InChI is InChI=1S/C20H27N7/c1-2-21-20(27-11-8-18(14-27)26-9-3-4-10-26)22-13-16-6-5-7-17(12-16)19-23-15-24-25-19/h3-7,12,15,18H,2,8-11,13-14H2,1H3,(H,21,22)(H,23,24,25). The molecule has 0 spiro atoms. The summed E-state index contributed by atoms with van der Waals surface area (Å²) in [7, 11) is 0. The van der Waals surface area contributed by atoms with Crippen LogP contribution in [-0.4, -0.2) is 69.7 Å². The van der Waals surface area contributed by atoms with Crippen molar-refractivity contribution in [3.05, 3.63) is 48.3 Å². The maximum atomic E-state index is 4.90. The summed E-state index contributed by atoms with van der Waals surface area (Å²) >= 11 is 0. The van der Waals surface area contributed by atoms with Crippen LogP contribution < -0.4 is 5.32 Å². The predicted molar refractivity (Wildman–Crippen MR) is 107 cm³/mol. The first-order chi connectivity index (χ1) is 13.3. The Labute approximate surface area is 160 Å². The van der Waals surface area contributed by atoms with Crippen molar-refractivity contribution in [1.82, 2.24) is 30.3 Å². The number of hydrogen-bond donors (Lipinski definition) is 2. The summed E-state index contributed by atoms with van der Waals surface area (Å²) in [6.45, 7) is 7.93. The molecule has 1 unspecified atom stereocenters. The smallest absolute Gasteiger partial charge is 0.194 e. The summed E-state index contributed by atoms with van der Waals surface area (Å²) in [6.07, 6.45) is 7.27. The number of aromatic nitrogens is 3. The Morgan fingerprint density at radius 1 is 1.33 bits per heavy atom. The lowest BCUT2D eigenvalue weighted by molar-refractivity contribution is 0.259. The van der Waals surface area contributed by atoms with Crippen molar-refractivity contribution in [3.8, 4) is 11.4 Å². The summed E-state index contributed by atoms with van der Waals surface area (Å²) in [5.41, 5.74) is 2.20. The van der Waals surface area contributed by atoms with Crippen LogP contribution in [0.15, 0.2) is 47.7 Å². The van der Waals surface area contributed by atoms with Crippen LogP contribution in [-0.2, 0) is 6.54 Å². The number of aromatic amines is 1. The second-order valence-electron chi connectivity index (χ2n) is 7.02. The van der Waals surface area contributed by atoms with Crippen LogP contribution >= 0.6 is 0 Å². The lowest BCUT2D eigenvalue weighted by Gasteiger charge is -2.25. The molecule has 2 aromatic rings. The zero-order valence-electron chi connectivity index (χ0n) is 15.8. The zero-order valence-corrected chi connectivity index (χ0v) is 15.8. The van der Waals surface area contributed by atoms with E-state index in [0.29, 0.717) is 12.6 Å². The van der Waals surface area contributed by atoms with E-state index in [0.717, 1.165) is 50.1 Å². The molecule has 2 N–H and O–H groups in total. The van der Waals surface area contributed by atoms with Gasteiger partial charge in [0.05, 0.1) is 6.54 Å². The van der Waals surface area contributed by atoms with Crippen molar-refractivity contribution in [2.24, 2.45) is 4.99 Å². The molecule has 7 heteroatoms. The average molecular weight is 365 g/mol. The fraction of sp³-hybridized carbons (Fsp3) is 0.450. The van der Waals surface area contributed by atoms with Crippen molar-refractivity contribution in [2.45, 2.75) is 25.9 Å². The van der Waals surface area contributed by atoms with Gasteiger partial charge in [0.15, 0.2) is 11.8 Å². The molecule has 27 heavy (non-hydrogen) atoms. The van der Waals surface area contributed by atoms with Crippen LogP contribution in [0.3, 0.4) is 0 Å². The first-order valence-electron chi connectivity index (χ1n) is 9.70. The number of likely N-dealkylation sites (tertiary alicyclic amines) is 1. The van der Waals surface area contributed by atoms with Gasteiger partial charge < -0.3 is 10.2 Å². The molecule has 0 bridgehead atoms. The number of H-pyrrole nitrogens is 1. The largest absolute Gasteiger partial charge is 0.357 e. The molecule has 1 fully saturated rings. The summed E-state index contributed by atoms with van der Waals surface area (Å²) in [4.78, 5) is 14.1. The monoisotopic (exact) mass is 365 g/mol. The van der Waals surface area contributed by atoms with Gasteiger partial charge in [-0.15, -0.1) is 0 Å². The molecule has 0 aliphatic carbocycles. The molecule has 0 saturated carbocycles. The zero-order chi connectivity index (χ0) is 18.5. The van der Waals surface area contributed by atoms with E-state index in [1.165, 1.54) is 18.3 Å². The van der Waals surface area contributed by atoms with E-state index in [1.54, 1.807) is 0 Å². The Morgan fingerprint density at radius 3 is 3.00 bits per heavy atom. The van der Waals surface area contributed by atoms with E-state index < -0.39 is 0 Å². The highest BCUT2D eigenvalue weighted by Gasteiger charge is 2.29. The van der Waals surface area contributed by atoms with Crippen molar-refractivity contribution in [3.63, 3.8) is 0 Å². The van der Waals surface area contributed by atoms with Crippen LogP contribution in [0, 0.1) is 0 Å². The molecule has 1 aromatic carbocycles. The summed E-state index contributed by atoms with van der Waals surface area (Å²) in [5.74, 6) is 1.80. The number of nitrogens with zero attached hydrogens (tertiary/aromatic N) is 5. The van der Waals surface area contributed by atoms with Crippen molar-refractivity contribution >= 4 is 5.96 Å². The van der Waals surface area contributed by atoms with Gasteiger partial charge in [-0.1, -0.05) is 30.4 Å². The Morgan fingerprint density at radius 2 is 2.22 bits per heavy atom. The fourth-order valence-electron chi connectivity index (χ4n) is 3.78. The second kappa shape index (κ2) is 8.35. The van der Waals surface area contributed by atoms with E-state index >= 15 is 0 Å². The minimum absolute atomic E-state index is 0.624. The molecular weight excluding hydrogens is 338 g/mol. The molecule has 142 valence electrons. The number of aliphatic imine (C=N–C) groups is 1. The maximum Gasteiger partial charge on any atom is 0.194 e. The van der Waals surface area contributed by atoms with Gasteiger partial charge >= 0.3 is 0 Å². The number of rotatable bonds is 5. The van der Waals surface area contributed by atoms with Gasteiger partial charge in [-0.3, -0.25) is 10.00 Å². The third kappa shape index (κ3) is 4.19. The van der Waals surface area contributed by atoms with Gasteiger partial charge in [0.1, 0.15) is 6.33 Å². The van der Waals surface area contributed by atoms with Crippen molar-refractivity contribution in [2.75, 3.05) is 32.7 Å². The minimum atomic E-state index is 0.624. The quantitative estimate of drug-likeness (QED) is 0.481. The Hall–Kier alpha value is -2.67. The first kappa shape index (κ1) is 17.7. The van der Waals surface area contributed by atoms with E-state index in [2.05, 4.69) is 61.5 Å². The fourth-order valence-corrected chi connectivity index (χ4v) is 3.78. The SMILES string of the molecule is CCNC(=NCc1cccc(-c2ncn[nH]2)c1)N1CCC(N2CC=CC2)C1. The minimum Gasteiger partial charge on any atom is -0.357 e. The number of hydrogen-bond acceptors (Lipinski definition) is 4. The molecule has 4 rings (SSSR count). The lowest BCUT2D eigenvalue weighted by Crippen LogP contribution is -2.42. The van der Waals surface area contributed by atoms with E-state index in [4.69, 9.17) is 4.99 Å². The number of nitrogens with one attached hydrogen (secondary N) is 2. The van der Waals surface area contributed by atoms with Crippen molar-refractivity contribution < 1.29 is 0 Å². The van der Waals surface area contributed by atoms with Crippen LogP contribution in [0.2, 0.25) is 0 Å². The molecule has 0 radical (unpaired) electrons. The molecule has 7 nitrogen and oxygen atoms in total. The summed E-state index contributed by atoms with van der Waals surface area (Å²) in [5, 5.41) is 10.3. The number of guanidine groups is 1. The molecule has 0 amide bonds. The Kier molecular flexibility index (Phi) is 5.48. The van der Waals surface area contributed by atoms with Crippen LogP contribution in [0.5, 0.6) is 0 Å². The average Bonchev–Trinajstić information content (AvgIpc) is 3.46. The van der Waals surface area contributed by atoms with Gasteiger partial charge in [-0.2, -0.15) is 5.10 Å². The Bertz CT molecular complexity index is 788. The van der Waals surface area contributed by atoms with E-state index in [9.17, 15) is 0 Å². The molecule has 1 aromatic heterocycles. The van der Waals surface area contributed by atoms with E-state index in [1.807, 2.05) is 12.1 Å². The topological polar surface area (TPSA) is 72.4 Å². The highest BCUT2D eigenvalue weighted by Crippen LogP contribution is 2.19. The van der Waals surface area contributed by atoms with E-state index in [-0.39, 0.29) is 0 Å². The first-order valence-corrected chi connectivity index (χ1v) is 9.70. The molecule has 2 aliphatic heterocycles. The highest BCUT2D eigenvalue weighted by molar-refractivity contribution is 5.80. The second-order valence-corrected chi connectivity index (χ2v) is 7.02. The van der Waals surface area contributed by atoms with Gasteiger partial charge in [0, 0.05) is 44.3 Å². The van der Waals surface area contributed by atoms with Gasteiger partial charge in [0.25, 0.3) is 0 Å². The third-order valence-corrected chi connectivity index (χ3v) is 5.19. The predicted octanol–water partition coefficient (Wildman–Crippen LogP) is 1.88. The van der Waals surface area contributed by atoms with Crippen LogP contribution in [0.25, 0.3) is 11.4 Å². The molecule has 3 heterocycles. The summed E-state index contributed by atoms with van der Waals surface area (Å²) < 4.78 is 0. The maximum absolute atomic E-state index is 4.90. The molecule has 1 saturated heterocycles. The summed E-state index contributed by atoms with van der Waals surface area (Å²) in [6, 6.07) is 8.93. The van der Waals surface area contributed by atoms with Gasteiger partial charge in [-0.25, -0.2) is 9.98 Å². The van der Waals surface area contributed by atoms with Crippen LogP contribution in [0.4, 0.5) is 0 Å². The van der Waals surface area contributed by atoms with Crippen LogP contribution in [0.1, 0.15) is 18.9 Å². The number of benzene rings is 1. The van der Waals surface area contributed by atoms with Gasteiger partial charge in [0.2, 0.25) is 0 Å². The van der Waals surface area contributed by atoms with Crippen molar-refractivity contribution in [1.29, 1.82) is 0 Å². The molecular formula is C20H27N7. The molecule has 2 aliphatic rings. The molecule has 1 atom stereocenters. The van der Waals surface area contributed by atoms with Gasteiger partial charge in [-0.05, 0) is 25.0 Å².